The highest BCUT2D eigenvalue weighted by molar-refractivity contribution is 7.26. The zero-order chi connectivity index (χ0) is 38.1. The van der Waals surface area contributed by atoms with Crippen molar-refractivity contribution in [3.63, 3.8) is 0 Å². The molecule has 1 aliphatic rings. The third-order valence-corrected chi connectivity index (χ3v) is 13.2. The number of thiophene rings is 1. The number of benzene rings is 9. The van der Waals surface area contributed by atoms with Crippen LogP contribution < -0.4 is 4.90 Å². The zero-order valence-electron chi connectivity index (χ0n) is 31.9. The van der Waals surface area contributed by atoms with E-state index in [0.29, 0.717) is 0 Å². The van der Waals surface area contributed by atoms with E-state index in [9.17, 15) is 0 Å². The Kier molecular flexibility index (Phi) is 7.77. The van der Waals surface area contributed by atoms with Gasteiger partial charge in [0.05, 0.1) is 11.4 Å². The van der Waals surface area contributed by atoms with Gasteiger partial charge >= 0.3 is 0 Å². The quantitative estimate of drug-likeness (QED) is 0.164. The highest BCUT2D eigenvalue weighted by atomic mass is 32.1. The summed E-state index contributed by atoms with van der Waals surface area (Å²) in [6.45, 7) is 4.78. The van der Waals surface area contributed by atoms with Crippen LogP contribution in [0.25, 0.3) is 75.5 Å². The number of hydrogen-bond acceptors (Lipinski definition) is 2. The molecule has 57 heavy (non-hydrogen) atoms. The van der Waals surface area contributed by atoms with E-state index >= 15 is 0 Å². The van der Waals surface area contributed by atoms with Crippen LogP contribution in [0.3, 0.4) is 0 Å². The van der Waals surface area contributed by atoms with Gasteiger partial charge in [0.1, 0.15) is 0 Å². The van der Waals surface area contributed by atoms with Gasteiger partial charge in [0, 0.05) is 42.4 Å². The number of nitrogens with zero attached hydrogens (tertiary/aromatic N) is 1. The summed E-state index contributed by atoms with van der Waals surface area (Å²) >= 11 is 1.91. The van der Waals surface area contributed by atoms with E-state index in [4.69, 9.17) is 0 Å². The first kappa shape index (κ1) is 33.6. The summed E-state index contributed by atoms with van der Waals surface area (Å²) in [6.07, 6.45) is 0. The van der Waals surface area contributed by atoms with Gasteiger partial charge in [-0.2, -0.15) is 0 Å². The van der Waals surface area contributed by atoms with Crippen molar-refractivity contribution < 1.29 is 0 Å². The zero-order valence-corrected chi connectivity index (χ0v) is 32.7. The molecule has 9 aromatic carbocycles. The van der Waals surface area contributed by atoms with Gasteiger partial charge in [-0.1, -0.05) is 178 Å². The molecule has 0 spiro atoms. The van der Waals surface area contributed by atoms with E-state index in [0.717, 1.165) is 11.4 Å². The Morgan fingerprint density at radius 3 is 1.82 bits per heavy atom. The molecule has 2 heteroatoms. The Morgan fingerprint density at radius 1 is 0.421 bits per heavy atom. The Bertz CT molecular complexity index is 3150. The van der Waals surface area contributed by atoms with Crippen molar-refractivity contribution in [2.45, 2.75) is 19.3 Å². The molecule has 0 atom stereocenters. The summed E-state index contributed by atoms with van der Waals surface area (Å²) < 4.78 is 2.61. The van der Waals surface area contributed by atoms with Crippen LogP contribution in [-0.2, 0) is 5.41 Å². The lowest BCUT2D eigenvalue weighted by Gasteiger charge is -2.34. The van der Waals surface area contributed by atoms with Crippen molar-refractivity contribution in [2.24, 2.45) is 0 Å². The lowest BCUT2D eigenvalue weighted by molar-refractivity contribution is 0.661. The van der Waals surface area contributed by atoms with Crippen molar-refractivity contribution in [2.75, 3.05) is 4.90 Å². The molecule has 0 N–H and O–H groups in total. The Labute approximate surface area is 337 Å². The molecular formula is C55H39NS. The summed E-state index contributed by atoms with van der Waals surface area (Å²) in [5.41, 5.74) is 15.8. The predicted octanol–water partition coefficient (Wildman–Crippen LogP) is 16.0. The first-order valence-electron chi connectivity index (χ1n) is 19.8. The number of fused-ring (bicyclic) bond motifs is 7. The molecule has 10 aromatic rings. The van der Waals surface area contributed by atoms with E-state index in [-0.39, 0.29) is 5.41 Å². The third kappa shape index (κ3) is 5.36. The van der Waals surface area contributed by atoms with Crippen LogP contribution in [0.1, 0.15) is 25.0 Å². The fourth-order valence-corrected chi connectivity index (χ4v) is 10.7. The highest BCUT2D eigenvalue weighted by Crippen LogP contribution is 2.56. The molecule has 1 heterocycles. The second-order valence-corrected chi connectivity index (χ2v) is 16.7. The molecule has 0 saturated carbocycles. The van der Waals surface area contributed by atoms with Crippen LogP contribution in [0, 0.1) is 0 Å². The van der Waals surface area contributed by atoms with Gasteiger partial charge in [0.25, 0.3) is 0 Å². The Balaban J connectivity index is 1.25. The fourth-order valence-electron chi connectivity index (χ4n) is 9.42. The Hall–Kier alpha value is -6.74. The number of hydrogen-bond donors (Lipinski definition) is 0. The molecule has 1 aliphatic carbocycles. The summed E-state index contributed by atoms with van der Waals surface area (Å²) in [4.78, 5) is 2.56. The van der Waals surface area contributed by atoms with E-state index in [1.54, 1.807) is 0 Å². The molecular weight excluding hydrogens is 707 g/mol. The molecule has 0 radical (unpaired) electrons. The fraction of sp³-hybridized carbons (Fsp3) is 0.0545. The van der Waals surface area contributed by atoms with Crippen molar-refractivity contribution in [3.05, 3.63) is 211 Å². The monoisotopic (exact) mass is 745 g/mol. The highest BCUT2D eigenvalue weighted by Gasteiger charge is 2.39. The largest absolute Gasteiger partial charge is 0.309 e. The molecule has 0 saturated heterocycles. The molecule has 0 aliphatic heterocycles. The van der Waals surface area contributed by atoms with Crippen LogP contribution in [0.4, 0.5) is 17.1 Å². The maximum atomic E-state index is 2.56. The lowest BCUT2D eigenvalue weighted by atomic mass is 9.81. The van der Waals surface area contributed by atoms with Crippen LogP contribution >= 0.6 is 11.3 Å². The van der Waals surface area contributed by atoms with Gasteiger partial charge in [-0.25, -0.2) is 0 Å². The molecule has 0 unspecified atom stereocenters. The van der Waals surface area contributed by atoms with Crippen LogP contribution in [0.15, 0.2) is 200 Å². The van der Waals surface area contributed by atoms with Gasteiger partial charge < -0.3 is 4.90 Å². The van der Waals surface area contributed by atoms with Gasteiger partial charge in [-0.05, 0) is 91.7 Å². The Morgan fingerprint density at radius 2 is 1.02 bits per heavy atom. The lowest BCUT2D eigenvalue weighted by Crippen LogP contribution is -2.21. The molecule has 1 nitrogen and oxygen atoms in total. The van der Waals surface area contributed by atoms with Gasteiger partial charge in [0.15, 0.2) is 0 Å². The second-order valence-electron chi connectivity index (χ2n) is 15.7. The first-order chi connectivity index (χ1) is 28.0. The van der Waals surface area contributed by atoms with Crippen molar-refractivity contribution in [1.29, 1.82) is 0 Å². The SMILES string of the molecule is CC1(C)c2ccccc2-c2cccc(N(c3cccc(-c4ccccc4)c3)c3cccc(-c4ccccc4)c3-c3cccc4c3sc3cc5ccccc5cc34)c21. The summed E-state index contributed by atoms with van der Waals surface area (Å²) in [5.74, 6) is 0. The van der Waals surface area contributed by atoms with E-state index in [2.05, 4.69) is 219 Å². The minimum Gasteiger partial charge on any atom is -0.309 e. The normalized spacial score (nSPS) is 12.9. The molecule has 1 aromatic heterocycles. The molecule has 270 valence electrons. The minimum absolute atomic E-state index is 0.220. The van der Waals surface area contributed by atoms with Gasteiger partial charge in [-0.3, -0.25) is 0 Å². The minimum atomic E-state index is -0.220. The van der Waals surface area contributed by atoms with Crippen molar-refractivity contribution in [1.82, 2.24) is 0 Å². The van der Waals surface area contributed by atoms with Crippen molar-refractivity contribution >= 4 is 59.3 Å². The predicted molar refractivity (Wildman–Crippen MR) is 245 cm³/mol. The molecule has 0 fully saturated rings. The number of rotatable bonds is 6. The third-order valence-electron chi connectivity index (χ3n) is 12.0. The molecule has 0 amide bonds. The average molecular weight is 746 g/mol. The maximum Gasteiger partial charge on any atom is 0.0546 e. The van der Waals surface area contributed by atoms with Gasteiger partial charge in [-0.15, -0.1) is 11.3 Å². The van der Waals surface area contributed by atoms with Crippen LogP contribution in [0.2, 0.25) is 0 Å². The summed E-state index contributed by atoms with van der Waals surface area (Å²) in [5, 5.41) is 5.14. The summed E-state index contributed by atoms with van der Waals surface area (Å²) in [7, 11) is 0. The van der Waals surface area contributed by atoms with E-state index in [1.807, 2.05) is 11.3 Å². The summed E-state index contributed by atoms with van der Waals surface area (Å²) in [6, 6.07) is 73.9. The second kappa shape index (κ2) is 13.2. The standard InChI is InChI=1S/C55H39NS/c1-55(2)48-30-12-11-25-43(48)44-27-16-32-50(53(44)55)56(41-24-13-23-38(33-41)36-17-5-3-6-18-36)49-31-15-26-42(37-19-7-4-8-20-37)52(49)46-29-14-28-45-47-34-39-21-9-10-22-40(39)35-51(47)57-54(45)46/h3-35H,1-2H3. The van der Waals surface area contributed by atoms with Crippen LogP contribution in [0.5, 0.6) is 0 Å². The first-order valence-corrected chi connectivity index (χ1v) is 20.6. The van der Waals surface area contributed by atoms with E-state index in [1.165, 1.54) is 92.3 Å². The van der Waals surface area contributed by atoms with E-state index < -0.39 is 0 Å². The van der Waals surface area contributed by atoms with Crippen molar-refractivity contribution in [3.8, 4) is 44.5 Å². The van der Waals surface area contributed by atoms with Crippen LogP contribution in [-0.4, -0.2) is 0 Å². The maximum absolute atomic E-state index is 2.56. The topological polar surface area (TPSA) is 3.24 Å². The molecule has 11 rings (SSSR count). The number of anilines is 3. The smallest absolute Gasteiger partial charge is 0.0546 e. The molecule has 0 bridgehead atoms. The average Bonchev–Trinajstić information content (AvgIpc) is 3.75. The van der Waals surface area contributed by atoms with Gasteiger partial charge in [0.2, 0.25) is 0 Å².